The van der Waals surface area contributed by atoms with Crippen LogP contribution in [0.15, 0.2) is 243 Å². The lowest BCUT2D eigenvalue weighted by molar-refractivity contribution is -0.0399. The molecule has 4 fully saturated rings. The molecule has 16 rings (SSSR count). The van der Waals surface area contributed by atoms with E-state index in [-0.39, 0.29) is 5.41 Å². The lowest BCUT2D eigenvalue weighted by atomic mass is 9.43. The Morgan fingerprint density at radius 3 is 1.64 bits per heavy atom. The van der Waals surface area contributed by atoms with E-state index in [2.05, 4.69) is 252 Å². The Hall–Kier alpha value is -8.20. The van der Waals surface area contributed by atoms with Gasteiger partial charge < -0.3 is 9.47 Å². The monoisotopic (exact) mass is 922 g/mol. The number of anilines is 3. The molecule has 0 aliphatic heterocycles. The summed E-state index contributed by atoms with van der Waals surface area (Å²) in [6.45, 7) is 0. The maximum Gasteiger partial charge on any atom is 0.0547 e. The largest absolute Gasteiger partial charge is 0.310 e. The molecule has 0 atom stereocenters. The van der Waals surface area contributed by atoms with Gasteiger partial charge in [-0.25, -0.2) is 0 Å². The van der Waals surface area contributed by atoms with Crippen LogP contribution in [0, 0.1) is 23.7 Å². The van der Waals surface area contributed by atoms with Gasteiger partial charge in [-0.1, -0.05) is 188 Å². The molecule has 5 aliphatic rings. The third-order valence-corrected chi connectivity index (χ3v) is 17.6. The summed E-state index contributed by atoms with van der Waals surface area (Å²) in [5, 5.41) is 2.53. The van der Waals surface area contributed by atoms with E-state index >= 15 is 0 Å². The SMILES string of the molecule is c1ccc(-c2ccccc2-c2ccccc2-c2ccccc2N(c2cccc(-c3ccc4c5ccccc5n(-c5ccccc5)c4c3)c2)c2ccc3c(c2)C2(c4ccccc4-3)C3CC4CC(C3)CC2C4)cc1. The van der Waals surface area contributed by atoms with Gasteiger partial charge in [0.1, 0.15) is 0 Å². The zero-order chi connectivity index (χ0) is 47.3. The second-order valence-corrected chi connectivity index (χ2v) is 21.2. The van der Waals surface area contributed by atoms with Crippen LogP contribution in [0.25, 0.3) is 83.1 Å². The van der Waals surface area contributed by atoms with Crippen molar-refractivity contribution in [3.05, 3.63) is 254 Å². The summed E-state index contributed by atoms with van der Waals surface area (Å²) in [6, 6.07) is 91.0. The van der Waals surface area contributed by atoms with Crippen molar-refractivity contribution in [1.82, 2.24) is 4.57 Å². The molecule has 0 unspecified atom stereocenters. The van der Waals surface area contributed by atoms with Gasteiger partial charge in [-0.15, -0.1) is 0 Å². The first-order valence-corrected chi connectivity index (χ1v) is 26.3. The Balaban J connectivity index is 0.944. The fraction of sp³-hybridized carbons (Fsp3) is 0.143. The first-order valence-electron chi connectivity index (χ1n) is 26.3. The normalized spacial score (nSPS) is 20.3. The highest BCUT2D eigenvalue weighted by molar-refractivity contribution is 6.10. The molecule has 4 bridgehead atoms. The molecule has 0 radical (unpaired) electrons. The van der Waals surface area contributed by atoms with E-state index < -0.39 is 0 Å². The molecule has 0 N–H and O–H groups in total. The summed E-state index contributed by atoms with van der Waals surface area (Å²) in [5.74, 6) is 3.11. The van der Waals surface area contributed by atoms with Gasteiger partial charge >= 0.3 is 0 Å². The standard InChI is InChI=1S/C70H54N2/c1-3-18-48(19-4-1)56-24-7-8-25-57(56)58-26-9-10-27-59(58)62-29-12-15-32-67(62)71(55-35-37-61-60-28-11-14-31-65(60)70(66(61)45-55)51-39-46-38-47(41-51)42-52(70)40-46)54-23-17-20-49(43-54)50-34-36-64-63-30-13-16-33-68(63)72(69(64)44-50)53-21-5-2-6-22-53/h1-37,43-47,51-52H,38-42H2. The Kier molecular flexibility index (Phi) is 9.49. The molecule has 1 heterocycles. The van der Waals surface area contributed by atoms with E-state index in [0.29, 0.717) is 11.8 Å². The molecule has 344 valence electrons. The van der Waals surface area contributed by atoms with E-state index in [4.69, 9.17) is 0 Å². The molecule has 5 aliphatic carbocycles. The van der Waals surface area contributed by atoms with Crippen molar-refractivity contribution in [2.75, 3.05) is 4.90 Å². The molecular weight excluding hydrogens is 869 g/mol. The van der Waals surface area contributed by atoms with Gasteiger partial charge in [-0.05, 0) is 172 Å². The van der Waals surface area contributed by atoms with E-state index in [9.17, 15) is 0 Å². The average molecular weight is 923 g/mol. The number of rotatable bonds is 8. The van der Waals surface area contributed by atoms with Crippen molar-refractivity contribution < 1.29 is 0 Å². The van der Waals surface area contributed by atoms with Crippen LogP contribution in [0.4, 0.5) is 17.1 Å². The number of nitrogens with zero attached hydrogens (tertiary/aromatic N) is 2. The fourth-order valence-corrected chi connectivity index (χ4v) is 15.0. The molecule has 1 spiro atoms. The molecule has 4 saturated carbocycles. The Morgan fingerprint density at radius 1 is 0.333 bits per heavy atom. The van der Waals surface area contributed by atoms with Gasteiger partial charge in [-0.2, -0.15) is 0 Å². The van der Waals surface area contributed by atoms with Crippen LogP contribution in [-0.4, -0.2) is 4.57 Å². The van der Waals surface area contributed by atoms with E-state index in [0.717, 1.165) is 23.2 Å². The predicted molar refractivity (Wildman–Crippen MR) is 300 cm³/mol. The summed E-state index contributed by atoms with van der Waals surface area (Å²) in [7, 11) is 0. The minimum Gasteiger partial charge on any atom is -0.310 e. The summed E-state index contributed by atoms with van der Waals surface area (Å²) in [5.41, 5.74) is 22.9. The molecular formula is C70H54N2. The lowest BCUT2D eigenvalue weighted by Crippen LogP contribution is -2.55. The highest BCUT2D eigenvalue weighted by Gasteiger charge is 2.61. The maximum atomic E-state index is 2.65. The molecule has 2 heteroatoms. The molecule has 11 aromatic rings. The van der Waals surface area contributed by atoms with Crippen molar-refractivity contribution in [2.24, 2.45) is 23.7 Å². The number of benzene rings is 10. The van der Waals surface area contributed by atoms with Gasteiger partial charge in [0.2, 0.25) is 0 Å². The zero-order valence-corrected chi connectivity index (χ0v) is 40.3. The second-order valence-electron chi connectivity index (χ2n) is 21.2. The van der Waals surface area contributed by atoms with E-state index in [1.54, 1.807) is 11.1 Å². The molecule has 0 saturated heterocycles. The van der Waals surface area contributed by atoms with Crippen molar-refractivity contribution in [1.29, 1.82) is 0 Å². The summed E-state index contributed by atoms with van der Waals surface area (Å²) in [6.07, 6.45) is 6.86. The number of hydrogen-bond acceptors (Lipinski definition) is 1. The van der Waals surface area contributed by atoms with Crippen LogP contribution in [0.5, 0.6) is 0 Å². The van der Waals surface area contributed by atoms with Gasteiger partial charge in [0, 0.05) is 38.8 Å². The zero-order valence-electron chi connectivity index (χ0n) is 40.3. The Bertz CT molecular complexity index is 3870. The summed E-state index contributed by atoms with van der Waals surface area (Å²) < 4.78 is 2.43. The van der Waals surface area contributed by atoms with Crippen LogP contribution < -0.4 is 4.90 Å². The minimum absolute atomic E-state index is 0.0444. The van der Waals surface area contributed by atoms with Gasteiger partial charge in [-0.3, -0.25) is 0 Å². The highest BCUT2D eigenvalue weighted by atomic mass is 15.1. The molecule has 1 aromatic heterocycles. The number of para-hydroxylation sites is 3. The van der Waals surface area contributed by atoms with Gasteiger partial charge in [0.15, 0.2) is 0 Å². The lowest BCUT2D eigenvalue weighted by Gasteiger charge is -2.61. The topological polar surface area (TPSA) is 8.17 Å². The average Bonchev–Trinajstić information content (AvgIpc) is 3.93. The van der Waals surface area contributed by atoms with Crippen LogP contribution in [0.3, 0.4) is 0 Å². The third-order valence-electron chi connectivity index (χ3n) is 17.6. The highest BCUT2D eigenvalue weighted by Crippen LogP contribution is 2.69. The minimum atomic E-state index is 0.0444. The number of aromatic nitrogens is 1. The van der Waals surface area contributed by atoms with E-state index in [1.807, 2.05) is 0 Å². The van der Waals surface area contributed by atoms with Crippen molar-refractivity contribution in [3.8, 4) is 61.3 Å². The van der Waals surface area contributed by atoms with E-state index in [1.165, 1.54) is 121 Å². The molecule has 0 amide bonds. The second kappa shape index (κ2) is 16.4. The molecule has 72 heavy (non-hydrogen) atoms. The predicted octanol–water partition coefficient (Wildman–Crippen LogP) is 18.6. The molecule has 2 nitrogen and oxygen atoms in total. The third kappa shape index (κ3) is 6.28. The van der Waals surface area contributed by atoms with Gasteiger partial charge in [0.25, 0.3) is 0 Å². The summed E-state index contributed by atoms with van der Waals surface area (Å²) >= 11 is 0. The fourth-order valence-electron chi connectivity index (χ4n) is 15.0. The smallest absolute Gasteiger partial charge is 0.0547 e. The van der Waals surface area contributed by atoms with Crippen LogP contribution >= 0.6 is 0 Å². The number of fused-ring (bicyclic) bond motifs is 6. The van der Waals surface area contributed by atoms with Crippen LogP contribution in [0.1, 0.15) is 43.2 Å². The van der Waals surface area contributed by atoms with Crippen LogP contribution in [0.2, 0.25) is 0 Å². The Labute approximate surface area is 422 Å². The van der Waals surface area contributed by atoms with Crippen LogP contribution in [-0.2, 0) is 5.41 Å². The Morgan fingerprint density at radius 2 is 0.875 bits per heavy atom. The van der Waals surface area contributed by atoms with Crippen molar-refractivity contribution in [2.45, 2.75) is 37.5 Å². The van der Waals surface area contributed by atoms with Crippen molar-refractivity contribution >= 4 is 38.9 Å². The molecule has 10 aromatic carbocycles. The summed E-state index contributed by atoms with van der Waals surface area (Å²) in [4.78, 5) is 2.59. The van der Waals surface area contributed by atoms with Gasteiger partial charge in [0.05, 0.1) is 16.7 Å². The first-order chi connectivity index (χ1) is 35.7. The number of hydrogen-bond donors (Lipinski definition) is 0. The maximum absolute atomic E-state index is 2.65. The quantitative estimate of drug-likeness (QED) is 0.147. The first kappa shape index (κ1) is 41.6. The van der Waals surface area contributed by atoms with Crippen molar-refractivity contribution in [3.63, 3.8) is 0 Å².